The number of nitrogens with zero attached hydrogens (tertiary/aromatic N) is 4. The number of aryl methyl sites for hydroxylation is 3. The largest absolute Gasteiger partial charge is 0.491 e. The van der Waals surface area contributed by atoms with Gasteiger partial charge in [-0.15, -0.1) is 0 Å². The number of primary amides is 1. The maximum absolute atomic E-state index is 11.3. The third-order valence-electron chi connectivity index (χ3n) is 5.16. The lowest BCUT2D eigenvalue weighted by Crippen LogP contribution is -2.12. The average Bonchev–Trinajstić information content (AvgIpc) is 2.82. The summed E-state index contributed by atoms with van der Waals surface area (Å²) in [5, 5.41) is 17.1. The van der Waals surface area contributed by atoms with E-state index in [0.29, 0.717) is 34.1 Å². The zero-order valence-electron chi connectivity index (χ0n) is 21.6. The number of anilines is 1. The second-order valence-corrected chi connectivity index (χ2v) is 9.91. The first-order chi connectivity index (χ1) is 17.9. The van der Waals surface area contributed by atoms with Gasteiger partial charge in [0.25, 0.3) is 10.1 Å². The van der Waals surface area contributed by atoms with E-state index in [1.807, 2.05) is 32.9 Å². The molecule has 11 nitrogen and oxygen atoms in total. The van der Waals surface area contributed by atoms with Crippen molar-refractivity contribution in [3.63, 3.8) is 0 Å². The Morgan fingerprint density at radius 1 is 1.03 bits per heavy atom. The normalized spacial score (nSPS) is 12.6. The number of carbonyl (C=O) groups is 1. The highest BCUT2D eigenvalue weighted by Crippen LogP contribution is 2.34. The van der Waals surface area contributed by atoms with Crippen molar-refractivity contribution in [2.75, 3.05) is 24.6 Å². The molecule has 12 heteroatoms. The molecule has 5 N–H and O–H groups in total. The van der Waals surface area contributed by atoms with Crippen LogP contribution in [0, 0.1) is 20.8 Å². The fourth-order valence-electron chi connectivity index (χ4n) is 3.16. The number of hydrogen-bond acceptors (Lipinski definition) is 9. The summed E-state index contributed by atoms with van der Waals surface area (Å²) in [4.78, 5) is 11.3. The number of hydrogen-bond donors (Lipinski definition) is 3. The summed E-state index contributed by atoms with van der Waals surface area (Å²) < 4.78 is 36.1. The number of nitrogens with two attached hydrogens (primary N) is 2. The zero-order chi connectivity index (χ0) is 28.3. The van der Waals surface area contributed by atoms with E-state index < -0.39 is 21.8 Å². The van der Waals surface area contributed by atoms with Crippen molar-refractivity contribution in [2.24, 2.45) is 26.2 Å². The van der Waals surface area contributed by atoms with Gasteiger partial charge in [-0.1, -0.05) is 30.9 Å². The van der Waals surface area contributed by atoms with Gasteiger partial charge in [0.2, 0.25) is 5.91 Å². The molecule has 0 saturated carbocycles. The van der Waals surface area contributed by atoms with Gasteiger partial charge in [-0.05, 0) is 62.1 Å². The minimum atomic E-state index is -4.05. The Bertz CT molecular complexity index is 1410. The number of nitrogen functional groups attached to an aromatic ring is 1. The molecule has 0 radical (unpaired) electrons. The van der Waals surface area contributed by atoms with E-state index in [-0.39, 0.29) is 19.6 Å². The van der Waals surface area contributed by atoms with Crippen molar-refractivity contribution in [1.82, 2.24) is 0 Å². The van der Waals surface area contributed by atoms with Gasteiger partial charge >= 0.3 is 0 Å². The lowest BCUT2D eigenvalue weighted by molar-refractivity contribution is -0.114. The molecule has 0 aliphatic rings. The lowest BCUT2D eigenvalue weighted by Gasteiger charge is -2.11. The minimum absolute atomic E-state index is 0.0611. The minimum Gasteiger partial charge on any atom is -0.491 e. The number of azo groups is 2. The molecule has 2 rings (SSSR count). The molecule has 0 bridgehead atoms. The molecule has 1 amide bonds. The summed E-state index contributed by atoms with van der Waals surface area (Å²) in [5.74, 6) is -0.608. The standard InChI is InChI=1S/C26H32N6O5S/c1-5-8-20(26(28)33)9-6-10-29-30-22-14-19(4)23(15-18(22)3)31-32-24-16-25(21(27)13-17(24)2)37-11-7-12-38(34,35)36/h5-6,8-9,13-16H,1,7,10-12,27H2,2-4H3,(H2,28,33)(H,34,35,36)/b9-6-,20-8+,30-29?,32-31?. The third kappa shape index (κ3) is 9.71. The summed E-state index contributed by atoms with van der Waals surface area (Å²) in [7, 11) is -4.05. The Balaban J connectivity index is 2.13. The van der Waals surface area contributed by atoms with E-state index in [2.05, 4.69) is 27.0 Å². The van der Waals surface area contributed by atoms with Crippen LogP contribution in [0.2, 0.25) is 0 Å². The smallest absolute Gasteiger partial charge is 0.264 e. The van der Waals surface area contributed by atoms with Crippen LogP contribution in [0.15, 0.2) is 81.2 Å². The van der Waals surface area contributed by atoms with Crippen molar-refractivity contribution in [3.05, 3.63) is 77.4 Å². The molecular weight excluding hydrogens is 508 g/mol. The van der Waals surface area contributed by atoms with Crippen LogP contribution in [0.4, 0.5) is 22.7 Å². The molecule has 0 aromatic heterocycles. The Morgan fingerprint density at radius 2 is 1.61 bits per heavy atom. The summed E-state index contributed by atoms with van der Waals surface area (Å²) in [5.41, 5.74) is 16.3. The maximum Gasteiger partial charge on any atom is 0.264 e. The molecule has 0 atom stereocenters. The van der Waals surface area contributed by atoms with Crippen molar-refractivity contribution in [2.45, 2.75) is 27.2 Å². The van der Waals surface area contributed by atoms with Gasteiger partial charge in [0.05, 0.1) is 41.7 Å². The van der Waals surface area contributed by atoms with Crippen molar-refractivity contribution in [1.29, 1.82) is 0 Å². The molecule has 0 unspecified atom stereocenters. The highest BCUT2D eigenvalue weighted by Gasteiger charge is 2.09. The molecule has 0 aliphatic heterocycles. The molecule has 202 valence electrons. The monoisotopic (exact) mass is 540 g/mol. The van der Waals surface area contributed by atoms with Gasteiger partial charge in [-0.2, -0.15) is 28.9 Å². The van der Waals surface area contributed by atoms with Crippen LogP contribution >= 0.6 is 0 Å². The quantitative estimate of drug-likeness (QED) is 0.0752. The Labute approximate surface area is 222 Å². The highest BCUT2D eigenvalue weighted by molar-refractivity contribution is 7.85. The molecule has 0 heterocycles. The molecule has 0 saturated heterocycles. The molecule has 0 fully saturated rings. The molecular formula is C26H32N6O5S. The first kappa shape index (κ1) is 30.1. The highest BCUT2D eigenvalue weighted by atomic mass is 32.2. The van der Waals surface area contributed by atoms with Crippen molar-refractivity contribution >= 4 is 38.8 Å². The van der Waals surface area contributed by atoms with E-state index >= 15 is 0 Å². The Hall–Kier alpha value is -4.16. The first-order valence-corrected chi connectivity index (χ1v) is 13.2. The molecule has 2 aromatic carbocycles. The Kier molecular flexibility index (Phi) is 11.0. The summed E-state index contributed by atoms with van der Waals surface area (Å²) in [6.07, 6.45) is 6.36. The fourth-order valence-corrected chi connectivity index (χ4v) is 3.64. The average molecular weight is 541 g/mol. The summed E-state index contributed by atoms with van der Waals surface area (Å²) in [6, 6.07) is 7.03. The number of benzene rings is 2. The zero-order valence-corrected chi connectivity index (χ0v) is 22.4. The van der Waals surface area contributed by atoms with Gasteiger partial charge in [-0.25, -0.2) is 0 Å². The van der Waals surface area contributed by atoms with Gasteiger partial charge in [0.1, 0.15) is 5.75 Å². The molecule has 0 aliphatic carbocycles. The van der Waals surface area contributed by atoms with Crippen molar-refractivity contribution < 1.29 is 22.5 Å². The predicted molar refractivity (Wildman–Crippen MR) is 148 cm³/mol. The topological polar surface area (TPSA) is 182 Å². The predicted octanol–water partition coefficient (Wildman–Crippen LogP) is 5.50. The number of amides is 1. The number of rotatable bonds is 13. The van der Waals surface area contributed by atoms with Gasteiger partial charge in [0, 0.05) is 11.6 Å². The molecule has 0 spiro atoms. The van der Waals surface area contributed by atoms with E-state index in [1.54, 1.807) is 24.3 Å². The van der Waals surface area contributed by atoms with Crippen LogP contribution in [0.5, 0.6) is 5.75 Å². The van der Waals surface area contributed by atoms with E-state index in [0.717, 1.165) is 16.7 Å². The fraction of sp³-hybridized carbons (Fsp3) is 0.269. The maximum atomic E-state index is 11.3. The third-order valence-corrected chi connectivity index (χ3v) is 5.96. The van der Waals surface area contributed by atoms with E-state index in [4.69, 9.17) is 20.8 Å². The SMILES string of the molecule is C=C/C=C(\C=C/CN=Nc1cc(C)c(N=Nc2cc(OCCCS(=O)(=O)O)c(N)cc2C)cc1C)C(N)=O. The molecule has 2 aromatic rings. The number of ether oxygens (including phenoxy) is 1. The van der Waals surface area contributed by atoms with Crippen LogP contribution in [-0.2, 0) is 14.9 Å². The van der Waals surface area contributed by atoms with Crippen LogP contribution < -0.4 is 16.2 Å². The van der Waals surface area contributed by atoms with Gasteiger partial charge in [-0.3, -0.25) is 9.35 Å². The van der Waals surface area contributed by atoms with Crippen LogP contribution in [0.3, 0.4) is 0 Å². The lowest BCUT2D eigenvalue weighted by atomic mass is 10.1. The first-order valence-electron chi connectivity index (χ1n) is 11.6. The van der Waals surface area contributed by atoms with Gasteiger partial charge < -0.3 is 16.2 Å². The van der Waals surface area contributed by atoms with Crippen LogP contribution in [0.1, 0.15) is 23.1 Å². The van der Waals surface area contributed by atoms with Crippen LogP contribution in [-0.4, -0.2) is 37.8 Å². The van der Waals surface area contributed by atoms with E-state index in [1.165, 1.54) is 12.2 Å². The summed E-state index contributed by atoms with van der Waals surface area (Å²) in [6.45, 7) is 9.47. The second-order valence-electron chi connectivity index (χ2n) is 8.34. The van der Waals surface area contributed by atoms with Crippen molar-refractivity contribution in [3.8, 4) is 5.75 Å². The molecule has 38 heavy (non-hydrogen) atoms. The second kappa shape index (κ2) is 14.0. The van der Waals surface area contributed by atoms with Crippen LogP contribution in [0.25, 0.3) is 0 Å². The number of allylic oxidation sites excluding steroid dienone is 2. The Morgan fingerprint density at radius 3 is 2.18 bits per heavy atom. The number of carbonyl (C=O) groups excluding carboxylic acids is 1. The van der Waals surface area contributed by atoms with Gasteiger partial charge in [0.15, 0.2) is 0 Å². The summed E-state index contributed by atoms with van der Waals surface area (Å²) >= 11 is 0. The van der Waals surface area contributed by atoms with E-state index in [9.17, 15) is 13.2 Å².